The predicted octanol–water partition coefficient (Wildman–Crippen LogP) is 1.72. The summed E-state index contributed by atoms with van der Waals surface area (Å²) in [6, 6.07) is 0. The first-order valence-electron chi connectivity index (χ1n) is 8.86. The monoisotopic (exact) mass is 306 g/mol. The maximum atomic E-state index is 10.9. The molecule has 0 bridgehead atoms. The average Bonchev–Trinajstić information content (AvgIpc) is 3.08. The number of likely N-dealkylation sites (tertiary alicyclic amines) is 2. The molecule has 1 aromatic heterocycles. The molecule has 2 fully saturated rings. The van der Waals surface area contributed by atoms with Gasteiger partial charge in [-0.25, -0.2) is 4.98 Å². The van der Waals surface area contributed by atoms with Crippen LogP contribution in [0.15, 0.2) is 12.4 Å². The highest BCUT2D eigenvalue weighted by molar-refractivity contribution is 4.98. The topological polar surface area (TPSA) is 44.5 Å². The molecule has 0 unspecified atom stereocenters. The number of imidazole rings is 1. The molecule has 2 aliphatic rings. The summed E-state index contributed by atoms with van der Waals surface area (Å²) >= 11 is 0. The average molecular weight is 306 g/mol. The molecule has 5 heteroatoms. The van der Waals surface area contributed by atoms with Gasteiger partial charge in [-0.3, -0.25) is 4.90 Å². The minimum atomic E-state index is -0.528. The van der Waals surface area contributed by atoms with Crippen LogP contribution in [0.1, 0.15) is 44.9 Å². The van der Waals surface area contributed by atoms with E-state index in [4.69, 9.17) is 0 Å². The van der Waals surface area contributed by atoms with Gasteiger partial charge in [-0.2, -0.15) is 0 Å². The maximum Gasteiger partial charge on any atom is 0.122 e. The van der Waals surface area contributed by atoms with Gasteiger partial charge in [-0.05, 0) is 38.8 Å². The first kappa shape index (κ1) is 16.0. The van der Waals surface area contributed by atoms with E-state index in [9.17, 15) is 5.11 Å². The van der Waals surface area contributed by atoms with Gasteiger partial charge in [0.2, 0.25) is 0 Å². The highest BCUT2D eigenvalue weighted by Gasteiger charge is 2.37. The molecule has 1 aromatic rings. The Labute approximate surface area is 133 Å². The van der Waals surface area contributed by atoms with Gasteiger partial charge in [0.05, 0.1) is 12.1 Å². The van der Waals surface area contributed by atoms with Gasteiger partial charge >= 0.3 is 0 Å². The number of β-amino-alcohol motifs (C(OH)–C–C–N with tert-alkyl or cyclic N) is 1. The van der Waals surface area contributed by atoms with Crippen molar-refractivity contribution in [3.8, 4) is 0 Å². The second-order valence-corrected chi connectivity index (χ2v) is 7.06. The van der Waals surface area contributed by atoms with Crippen molar-refractivity contribution in [3.05, 3.63) is 18.2 Å². The lowest BCUT2D eigenvalue weighted by Crippen LogP contribution is -2.46. The van der Waals surface area contributed by atoms with E-state index in [0.29, 0.717) is 0 Å². The number of aryl methyl sites for hydroxylation is 1. The van der Waals surface area contributed by atoms with E-state index in [1.165, 1.54) is 19.3 Å². The van der Waals surface area contributed by atoms with Crippen LogP contribution in [0.2, 0.25) is 0 Å². The summed E-state index contributed by atoms with van der Waals surface area (Å²) in [5.41, 5.74) is -0.528. The summed E-state index contributed by atoms with van der Waals surface area (Å²) < 4.78 is 2.24. The molecule has 0 saturated carbocycles. The molecule has 1 atom stereocenters. The van der Waals surface area contributed by atoms with Crippen molar-refractivity contribution >= 4 is 0 Å². The summed E-state index contributed by atoms with van der Waals surface area (Å²) in [4.78, 5) is 9.30. The van der Waals surface area contributed by atoms with Gasteiger partial charge in [0.25, 0.3) is 0 Å². The highest BCUT2D eigenvalue weighted by Crippen LogP contribution is 2.25. The molecule has 3 heterocycles. The van der Waals surface area contributed by atoms with Crippen LogP contribution >= 0.6 is 0 Å². The van der Waals surface area contributed by atoms with Gasteiger partial charge in [-0.15, -0.1) is 0 Å². The van der Waals surface area contributed by atoms with E-state index in [-0.39, 0.29) is 0 Å². The van der Waals surface area contributed by atoms with Crippen molar-refractivity contribution in [1.29, 1.82) is 0 Å². The van der Waals surface area contributed by atoms with E-state index in [2.05, 4.69) is 32.5 Å². The molecule has 0 radical (unpaired) electrons. The molecule has 5 nitrogen and oxygen atoms in total. The molecule has 22 heavy (non-hydrogen) atoms. The van der Waals surface area contributed by atoms with E-state index in [1.54, 1.807) is 0 Å². The van der Waals surface area contributed by atoms with Crippen molar-refractivity contribution in [2.24, 2.45) is 0 Å². The van der Waals surface area contributed by atoms with Crippen LogP contribution in [0, 0.1) is 0 Å². The Balaban J connectivity index is 1.53. The standard InChI is InChI=1S/C17H30N4O/c1-2-8-21-12-7-18-16(21)13-20-11-6-17(22,15-20)14-19-9-4-3-5-10-19/h7,12,22H,2-6,8-11,13-15H2,1H3/t17-/m1/s1. The lowest BCUT2D eigenvalue weighted by Gasteiger charge is -2.33. The molecule has 0 aromatic carbocycles. The summed E-state index contributed by atoms with van der Waals surface area (Å²) in [5, 5.41) is 10.9. The van der Waals surface area contributed by atoms with Gasteiger partial charge in [0, 0.05) is 38.6 Å². The SMILES string of the molecule is CCCn1ccnc1CN1CC[C@@](O)(CN2CCCCC2)C1. The molecular formula is C17H30N4O. The Hall–Kier alpha value is -0.910. The van der Waals surface area contributed by atoms with Crippen LogP contribution in [0.4, 0.5) is 0 Å². The Bertz CT molecular complexity index is 469. The van der Waals surface area contributed by atoms with Crippen LogP contribution in [0.3, 0.4) is 0 Å². The number of rotatable bonds is 6. The zero-order chi connectivity index (χ0) is 15.4. The Morgan fingerprint density at radius 1 is 1.18 bits per heavy atom. The molecule has 0 spiro atoms. The fourth-order valence-corrected chi connectivity index (χ4v) is 3.87. The molecular weight excluding hydrogens is 276 g/mol. The van der Waals surface area contributed by atoms with Gasteiger partial charge in [-0.1, -0.05) is 13.3 Å². The second-order valence-electron chi connectivity index (χ2n) is 7.06. The number of hydrogen-bond donors (Lipinski definition) is 1. The summed E-state index contributed by atoms with van der Waals surface area (Å²) in [6.07, 6.45) is 9.89. The summed E-state index contributed by atoms with van der Waals surface area (Å²) in [5.74, 6) is 1.13. The lowest BCUT2D eigenvalue weighted by atomic mass is 10.0. The maximum absolute atomic E-state index is 10.9. The molecule has 0 amide bonds. The number of nitrogens with zero attached hydrogens (tertiary/aromatic N) is 4. The van der Waals surface area contributed by atoms with Crippen LogP contribution < -0.4 is 0 Å². The number of piperidine rings is 1. The molecule has 3 rings (SSSR count). The van der Waals surface area contributed by atoms with Gasteiger partial charge < -0.3 is 14.6 Å². The van der Waals surface area contributed by atoms with Crippen LogP contribution in [-0.4, -0.2) is 62.8 Å². The minimum absolute atomic E-state index is 0.528. The molecule has 124 valence electrons. The second kappa shape index (κ2) is 7.11. The van der Waals surface area contributed by atoms with Crippen molar-refractivity contribution < 1.29 is 5.11 Å². The Morgan fingerprint density at radius 3 is 2.77 bits per heavy atom. The van der Waals surface area contributed by atoms with Gasteiger partial charge in [0.15, 0.2) is 0 Å². The highest BCUT2D eigenvalue weighted by atomic mass is 16.3. The quantitative estimate of drug-likeness (QED) is 0.869. The molecule has 1 N–H and O–H groups in total. The van der Waals surface area contributed by atoms with E-state index < -0.39 is 5.60 Å². The van der Waals surface area contributed by atoms with Crippen molar-refractivity contribution in [2.45, 2.75) is 57.7 Å². The molecule has 2 aliphatic heterocycles. The van der Waals surface area contributed by atoms with Crippen LogP contribution in [0.5, 0.6) is 0 Å². The number of aliphatic hydroxyl groups is 1. The third kappa shape index (κ3) is 3.89. The Kier molecular flexibility index (Phi) is 5.16. The van der Waals surface area contributed by atoms with Crippen molar-refractivity contribution in [1.82, 2.24) is 19.4 Å². The zero-order valence-electron chi connectivity index (χ0n) is 13.9. The normalized spacial score (nSPS) is 27.5. The lowest BCUT2D eigenvalue weighted by molar-refractivity contribution is 0.00612. The third-order valence-corrected chi connectivity index (χ3v) is 5.01. The zero-order valence-corrected chi connectivity index (χ0v) is 13.9. The number of hydrogen-bond acceptors (Lipinski definition) is 4. The predicted molar refractivity (Wildman–Crippen MR) is 87.7 cm³/mol. The molecule has 2 saturated heterocycles. The number of aromatic nitrogens is 2. The first-order chi connectivity index (χ1) is 10.7. The largest absolute Gasteiger partial charge is 0.387 e. The Morgan fingerprint density at radius 2 is 2.00 bits per heavy atom. The smallest absolute Gasteiger partial charge is 0.122 e. The minimum Gasteiger partial charge on any atom is -0.387 e. The van der Waals surface area contributed by atoms with Crippen molar-refractivity contribution in [3.63, 3.8) is 0 Å². The fourth-order valence-electron chi connectivity index (χ4n) is 3.87. The van der Waals surface area contributed by atoms with E-state index >= 15 is 0 Å². The summed E-state index contributed by atoms with van der Waals surface area (Å²) in [6.45, 7) is 8.98. The fraction of sp³-hybridized carbons (Fsp3) is 0.824. The van der Waals surface area contributed by atoms with E-state index in [0.717, 1.165) is 64.5 Å². The van der Waals surface area contributed by atoms with Gasteiger partial charge in [0.1, 0.15) is 5.82 Å². The molecule has 0 aliphatic carbocycles. The first-order valence-corrected chi connectivity index (χ1v) is 8.86. The summed E-state index contributed by atoms with van der Waals surface area (Å²) in [7, 11) is 0. The van der Waals surface area contributed by atoms with Crippen molar-refractivity contribution in [2.75, 3.05) is 32.7 Å². The van der Waals surface area contributed by atoms with Crippen LogP contribution in [0.25, 0.3) is 0 Å². The van der Waals surface area contributed by atoms with Crippen LogP contribution in [-0.2, 0) is 13.1 Å². The third-order valence-electron chi connectivity index (χ3n) is 5.01. The van der Waals surface area contributed by atoms with E-state index in [1.807, 2.05) is 6.20 Å².